The van der Waals surface area contributed by atoms with E-state index in [0.717, 1.165) is 11.2 Å². The third-order valence-corrected chi connectivity index (χ3v) is 7.29. The summed E-state index contributed by atoms with van der Waals surface area (Å²) in [5, 5.41) is 0.892. The van der Waals surface area contributed by atoms with Gasteiger partial charge in [0, 0.05) is 11.0 Å². The smallest absolute Gasteiger partial charge is 0.0177 e. The van der Waals surface area contributed by atoms with Gasteiger partial charge in [0.1, 0.15) is 0 Å². The van der Waals surface area contributed by atoms with Crippen molar-refractivity contribution in [3.05, 3.63) is 0 Å². The average molecular weight is 319 g/mol. The van der Waals surface area contributed by atoms with Crippen molar-refractivity contribution in [3.8, 4) is 0 Å². The van der Waals surface area contributed by atoms with Crippen molar-refractivity contribution in [2.75, 3.05) is 5.75 Å². The van der Waals surface area contributed by atoms with Gasteiger partial charge >= 0.3 is 0 Å². The van der Waals surface area contributed by atoms with Crippen LogP contribution >= 0.6 is 21.6 Å². The Hall–Kier alpha value is 0.700. The molecule has 0 saturated heterocycles. The summed E-state index contributed by atoms with van der Waals surface area (Å²) in [5.41, 5.74) is 0. The lowest BCUT2D eigenvalue weighted by Crippen LogP contribution is -2.16. The lowest BCUT2D eigenvalue weighted by molar-refractivity contribution is 0.390. The van der Waals surface area contributed by atoms with Gasteiger partial charge < -0.3 is 0 Å². The molecule has 1 atom stereocenters. The predicted octanol–water partition coefficient (Wildman–Crippen LogP) is 7.72. The standard InChI is InChI=1S/C18H38S2/c1-5-9-11-13-15-17(16-14-12-10-6-2)18(7-3)20-19-8-4/h17-18H,5-16H2,1-4H3/t18-/m1/s1. The Morgan fingerprint density at radius 2 is 1.25 bits per heavy atom. The molecule has 0 aliphatic rings. The molecule has 0 spiro atoms. The van der Waals surface area contributed by atoms with Crippen LogP contribution in [0.15, 0.2) is 0 Å². The Morgan fingerprint density at radius 1 is 0.700 bits per heavy atom. The number of rotatable bonds is 15. The van der Waals surface area contributed by atoms with Gasteiger partial charge in [-0.2, -0.15) is 0 Å². The minimum Gasteiger partial charge on any atom is -0.0942 e. The highest BCUT2D eigenvalue weighted by atomic mass is 33.1. The van der Waals surface area contributed by atoms with Crippen molar-refractivity contribution >= 4 is 21.6 Å². The van der Waals surface area contributed by atoms with Gasteiger partial charge in [0.2, 0.25) is 0 Å². The number of hydrogen-bond acceptors (Lipinski definition) is 2. The molecule has 20 heavy (non-hydrogen) atoms. The van der Waals surface area contributed by atoms with Gasteiger partial charge in [-0.1, -0.05) is 101 Å². The minimum atomic E-state index is 0.892. The highest BCUT2D eigenvalue weighted by molar-refractivity contribution is 8.76. The van der Waals surface area contributed by atoms with Crippen molar-refractivity contribution in [2.45, 2.75) is 104 Å². The topological polar surface area (TPSA) is 0 Å². The molecule has 0 saturated carbocycles. The Bertz CT molecular complexity index is 170. The maximum atomic E-state index is 2.39. The van der Waals surface area contributed by atoms with Crippen LogP contribution in [0.1, 0.15) is 98.3 Å². The molecule has 0 nitrogen and oxygen atoms in total. The van der Waals surface area contributed by atoms with Crippen LogP contribution in [0.25, 0.3) is 0 Å². The van der Waals surface area contributed by atoms with Gasteiger partial charge in [0.25, 0.3) is 0 Å². The van der Waals surface area contributed by atoms with Crippen LogP contribution in [0, 0.1) is 5.92 Å². The number of hydrogen-bond donors (Lipinski definition) is 0. The zero-order valence-corrected chi connectivity index (χ0v) is 16.1. The summed E-state index contributed by atoms with van der Waals surface area (Å²) in [7, 11) is 4.25. The van der Waals surface area contributed by atoms with Crippen LogP contribution < -0.4 is 0 Å². The summed E-state index contributed by atoms with van der Waals surface area (Å²) in [6.45, 7) is 9.29. The van der Waals surface area contributed by atoms with Crippen molar-refractivity contribution in [3.63, 3.8) is 0 Å². The van der Waals surface area contributed by atoms with E-state index in [9.17, 15) is 0 Å². The Labute approximate surface area is 137 Å². The van der Waals surface area contributed by atoms with E-state index in [4.69, 9.17) is 0 Å². The van der Waals surface area contributed by atoms with Crippen molar-refractivity contribution in [2.24, 2.45) is 5.92 Å². The van der Waals surface area contributed by atoms with E-state index in [0.29, 0.717) is 0 Å². The zero-order chi connectivity index (χ0) is 15.1. The summed E-state index contributed by atoms with van der Waals surface area (Å²) in [6.07, 6.45) is 15.7. The maximum Gasteiger partial charge on any atom is 0.0177 e. The third kappa shape index (κ3) is 11.4. The van der Waals surface area contributed by atoms with Gasteiger partial charge in [-0.3, -0.25) is 0 Å². The highest BCUT2D eigenvalue weighted by Gasteiger charge is 2.20. The largest absolute Gasteiger partial charge is 0.0942 e. The monoisotopic (exact) mass is 318 g/mol. The molecular weight excluding hydrogens is 280 g/mol. The summed E-state index contributed by atoms with van der Waals surface area (Å²) < 4.78 is 0. The van der Waals surface area contributed by atoms with E-state index in [1.165, 1.54) is 76.4 Å². The fourth-order valence-electron chi connectivity index (χ4n) is 2.82. The molecule has 0 bridgehead atoms. The first-order chi connectivity index (χ1) is 9.79. The quantitative estimate of drug-likeness (QED) is 0.224. The van der Waals surface area contributed by atoms with E-state index in [1.807, 2.05) is 0 Å². The van der Waals surface area contributed by atoms with Crippen LogP contribution in [-0.2, 0) is 0 Å². The van der Waals surface area contributed by atoms with E-state index in [2.05, 4.69) is 49.3 Å². The third-order valence-electron chi connectivity index (χ3n) is 4.09. The molecule has 0 unspecified atom stereocenters. The molecule has 0 aromatic heterocycles. The number of unbranched alkanes of at least 4 members (excludes halogenated alkanes) is 6. The summed E-state index contributed by atoms with van der Waals surface area (Å²) >= 11 is 0. The predicted molar refractivity (Wildman–Crippen MR) is 101 cm³/mol. The molecule has 0 amide bonds. The highest BCUT2D eigenvalue weighted by Crippen LogP contribution is 2.37. The van der Waals surface area contributed by atoms with E-state index >= 15 is 0 Å². The second-order valence-electron chi connectivity index (χ2n) is 5.91. The molecule has 0 aliphatic carbocycles. The first-order valence-corrected chi connectivity index (χ1v) is 11.5. The van der Waals surface area contributed by atoms with Crippen LogP contribution in [-0.4, -0.2) is 11.0 Å². The van der Waals surface area contributed by atoms with Crippen LogP contribution in [0.2, 0.25) is 0 Å². The molecule has 0 N–H and O–H groups in total. The van der Waals surface area contributed by atoms with Gasteiger partial charge in [-0.05, 0) is 25.2 Å². The second kappa shape index (κ2) is 16.1. The molecular formula is C18H38S2. The lowest BCUT2D eigenvalue weighted by atomic mass is 9.90. The van der Waals surface area contributed by atoms with Gasteiger partial charge in [-0.25, -0.2) is 0 Å². The minimum absolute atomic E-state index is 0.892. The SMILES string of the molecule is CCCCCCC(CCCCCC)[C@@H](CC)SSCC. The van der Waals surface area contributed by atoms with E-state index < -0.39 is 0 Å². The van der Waals surface area contributed by atoms with Crippen LogP contribution in [0.4, 0.5) is 0 Å². The van der Waals surface area contributed by atoms with Gasteiger partial charge in [-0.15, -0.1) is 0 Å². The van der Waals surface area contributed by atoms with E-state index in [-0.39, 0.29) is 0 Å². The van der Waals surface area contributed by atoms with Crippen LogP contribution in [0.3, 0.4) is 0 Å². The van der Waals surface area contributed by atoms with E-state index in [1.54, 1.807) is 0 Å². The molecule has 122 valence electrons. The van der Waals surface area contributed by atoms with Gasteiger partial charge in [0.05, 0.1) is 0 Å². The Morgan fingerprint density at radius 3 is 1.65 bits per heavy atom. The molecule has 0 aromatic carbocycles. The molecule has 0 aromatic rings. The zero-order valence-electron chi connectivity index (χ0n) is 14.5. The second-order valence-corrected chi connectivity index (χ2v) is 8.80. The normalized spacial score (nSPS) is 13.1. The van der Waals surface area contributed by atoms with Crippen molar-refractivity contribution < 1.29 is 0 Å². The van der Waals surface area contributed by atoms with Crippen molar-refractivity contribution in [1.82, 2.24) is 0 Å². The Kier molecular flexibility index (Phi) is 16.6. The molecule has 0 heterocycles. The average Bonchev–Trinajstić information content (AvgIpc) is 2.47. The summed E-state index contributed by atoms with van der Waals surface area (Å²) in [6, 6.07) is 0. The molecule has 2 heteroatoms. The summed E-state index contributed by atoms with van der Waals surface area (Å²) in [4.78, 5) is 0. The van der Waals surface area contributed by atoms with Crippen molar-refractivity contribution in [1.29, 1.82) is 0 Å². The van der Waals surface area contributed by atoms with Gasteiger partial charge in [0.15, 0.2) is 0 Å². The van der Waals surface area contributed by atoms with Crippen LogP contribution in [0.5, 0.6) is 0 Å². The first kappa shape index (κ1) is 20.7. The molecule has 0 rings (SSSR count). The maximum absolute atomic E-state index is 2.39. The first-order valence-electron chi connectivity index (χ1n) is 9.08. The fourth-order valence-corrected chi connectivity index (χ4v) is 5.51. The molecule has 0 fully saturated rings. The Balaban J connectivity index is 4.11. The lowest BCUT2D eigenvalue weighted by Gasteiger charge is -2.25. The molecule has 0 radical (unpaired) electrons. The fraction of sp³-hybridized carbons (Fsp3) is 1.00. The molecule has 0 aliphatic heterocycles. The summed E-state index contributed by atoms with van der Waals surface area (Å²) in [5.74, 6) is 2.22.